The summed E-state index contributed by atoms with van der Waals surface area (Å²) in [5.74, 6) is -0.308. The van der Waals surface area contributed by atoms with Crippen molar-refractivity contribution in [3.05, 3.63) is 64.8 Å². The van der Waals surface area contributed by atoms with Crippen molar-refractivity contribution in [2.24, 2.45) is 5.92 Å². The number of thiophene rings is 1. The van der Waals surface area contributed by atoms with Crippen LogP contribution in [0.3, 0.4) is 0 Å². The number of carbonyl (C=O) groups excluding carboxylic acids is 2. The first-order valence-electron chi connectivity index (χ1n) is 11.7. The molecule has 3 aromatic rings. The fourth-order valence-electron chi connectivity index (χ4n) is 4.18. The number of ether oxygens (including phenoxy) is 1. The van der Waals surface area contributed by atoms with E-state index in [1.165, 1.54) is 30.6 Å². The van der Waals surface area contributed by atoms with Crippen LogP contribution in [0.2, 0.25) is 0 Å². The molecule has 196 valence electrons. The van der Waals surface area contributed by atoms with Gasteiger partial charge in [-0.3, -0.25) is 4.79 Å². The van der Waals surface area contributed by atoms with E-state index in [2.05, 4.69) is 29.0 Å². The third kappa shape index (κ3) is 6.13. The largest absolute Gasteiger partial charge is 0.465 e. The van der Waals surface area contributed by atoms with Crippen molar-refractivity contribution in [2.45, 2.75) is 48.5 Å². The van der Waals surface area contributed by atoms with Crippen LogP contribution in [-0.4, -0.2) is 47.9 Å². The smallest absolute Gasteiger partial charge is 0.341 e. The van der Waals surface area contributed by atoms with Gasteiger partial charge in [0.1, 0.15) is 16.6 Å². The van der Waals surface area contributed by atoms with Crippen LogP contribution < -0.4 is 5.32 Å². The van der Waals surface area contributed by atoms with Crippen LogP contribution in [-0.2, 0) is 44.5 Å². The number of nitrogens with one attached hydrogen (secondary N) is 1. The van der Waals surface area contributed by atoms with Gasteiger partial charge in [0.15, 0.2) is 15.0 Å². The molecular weight excluding hydrogens is 532 g/mol. The standard InChI is InChI=1S/C25H28N4O5S3/c1-4-12-29-20(15-37(32,33)17-8-6-5-7-9-17)27-28-25(29)35-14-21(30)26-23-22(24(31)34-3)18-11-10-16(2)13-19(18)36-23/h4-9,16H,1,10-15H2,2-3H3,(H,26,30). The average molecular weight is 561 g/mol. The predicted octanol–water partition coefficient (Wildman–Crippen LogP) is 4.14. The topological polar surface area (TPSA) is 120 Å². The SMILES string of the molecule is C=CCn1c(CS(=O)(=O)c2ccccc2)nnc1SCC(=O)Nc1sc2c(c1C(=O)OC)CCC(C)C2. The van der Waals surface area contributed by atoms with Crippen molar-refractivity contribution >= 4 is 49.8 Å². The number of aromatic nitrogens is 3. The lowest BCUT2D eigenvalue weighted by atomic mass is 9.88. The molecule has 2 heterocycles. The molecule has 0 spiro atoms. The molecule has 1 aliphatic carbocycles. The second-order valence-electron chi connectivity index (χ2n) is 8.75. The van der Waals surface area contributed by atoms with E-state index in [4.69, 9.17) is 4.74 Å². The number of sulfone groups is 1. The molecule has 0 fully saturated rings. The second kappa shape index (κ2) is 11.6. The van der Waals surface area contributed by atoms with Crippen LogP contribution in [0.25, 0.3) is 0 Å². The lowest BCUT2D eigenvalue weighted by Crippen LogP contribution is -2.17. The minimum Gasteiger partial charge on any atom is -0.465 e. The molecule has 0 bridgehead atoms. The van der Waals surface area contributed by atoms with Gasteiger partial charge in [0.05, 0.1) is 23.3 Å². The number of allylic oxidation sites excluding steroid dienone is 1. The van der Waals surface area contributed by atoms with Gasteiger partial charge < -0.3 is 14.6 Å². The Morgan fingerprint density at radius 2 is 2.05 bits per heavy atom. The maximum Gasteiger partial charge on any atom is 0.341 e. The summed E-state index contributed by atoms with van der Waals surface area (Å²) in [5, 5.41) is 12.0. The highest BCUT2D eigenvalue weighted by Crippen LogP contribution is 2.40. The Morgan fingerprint density at radius 3 is 2.76 bits per heavy atom. The highest BCUT2D eigenvalue weighted by atomic mass is 32.2. The molecule has 9 nitrogen and oxygen atoms in total. The number of hydrogen-bond acceptors (Lipinski definition) is 9. The number of rotatable bonds is 10. The Morgan fingerprint density at radius 1 is 1.30 bits per heavy atom. The maximum absolute atomic E-state index is 12.9. The normalized spacial score (nSPS) is 15.1. The molecular formula is C25H28N4O5S3. The zero-order valence-corrected chi connectivity index (χ0v) is 23.0. The van der Waals surface area contributed by atoms with Crippen molar-refractivity contribution in [3.63, 3.8) is 0 Å². The Labute approximate surface area is 224 Å². The fraction of sp³-hybridized carbons (Fsp3) is 0.360. The Balaban J connectivity index is 1.48. The molecule has 0 saturated heterocycles. The van der Waals surface area contributed by atoms with Gasteiger partial charge in [-0.15, -0.1) is 28.1 Å². The molecule has 2 aromatic heterocycles. The number of esters is 1. The fourth-order valence-corrected chi connectivity index (χ4v) is 7.65. The van der Waals surface area contributed by atoms with Crippen molar-refractivity contribution in [2.75, 3.05) is 18.2 Å². The van der Waals surface area contributed by atoms with Gasteiger partial charge in [-0.1, -0.05) is 43.0 Å². The minimum atomic E-state index is -3.62. The zero-order valence-electron chi connectivity index (χ0n) is 20.6. The van der Waals surface area contributed by atoms with Gasteiger partial charge in [0.2, 0.25) is 5.91 Å². The van der Waals surface area contributed by atoms with Gasteiger partial charge in [-0.25, -0.2) is 13.2 Å². The van der Waals surface area contributed by atoms with E-state index in [0.717, 1.165) is 41.5 Å². The van der Waals surface area contributed by atoms with Gasteiger partial charge in [-0.05, 0) is 42.9 Å². The first kappa shape index (κ1) is 27.1. The van der Waals surface area contributed by atoms with Gasteiger partial charge >= 0.3 is 5.97 Å². The van der Waals surface area contributed by atoms with Gasteiger partial charge in [-0.2, -0.15) is 0 Å². The summed E-state index contributed by atoms with van der Waals surface area (Å²) in [6.45, 7) is 6.20. The molecule has 37 heavy (non-hydrogen) atoms. The monoisotopic (exact) mass is 560 g/mol. The molecule has 1 atom stereocenters. The van der Waals surface area contributed by atoms with E-state index < -0.39 is 15.8 Å². The number of amides is 1. The van der Waals surface area contributed by atoms with E-state index >= 15 is 0 Å². The van der Waals surface area contributed by atoms with Crippen LogP contribution >= 0.6 is 23.1 Å². The van der Waals surface area contributed by atoms with Crippen LogP contribution in [0, 0.1) is 5.92 Å². The van der Waals surface area contributed by atoms with E-state index in [-0.39, 0.29) is 28.1 Å². The van der Waals surface area contributed by atoms with Gasteiger partial charge in [0, 0.05) is 11.4 Å². The van der Waals surface area contributed by atoms with E-state index in [0.29, 0.717) is 28.2 Å². The third-order valence-electron chi connectivity index (χ3n) is 6.01. The molecule has 0 radical (unpaired) electrons. The lowest BCUT2D eigenvalue weighted by Gasteiger charge is -2.18. The number of thioether (sulfide) groups is 1. The summed E-state index contributed by atoms with van der Waals surface area (Å²) in [6.07, 6.45) is 4.25. The Hall–Kier alpha value is -2.96. The van der Waals surface area contributed by atoms with E-state index in [1.54, 1.807) is 28.8 Å². The van der Waals surface area contributed by atoms with Crippen molar-refractivity contribution < 1.29 is 22.7 Å². The first-order chi connectivity index (χ1) is 17.7. The summed E-state index contributed by atoms with van der Waals surface area (Å²) < 4.78 is 32.3. The first-order valence-corrected chi connectivity index (χ1v) is 15.1. The van der Waals surface area contributed by atoms with Crippen LogP contribution in [0.5, 0.6) is 0 Å². The molecule has 12 heteroatoms. The van der Waals surface area contributed by atoms with Crippen molar-refractivity contribution in [1.82, 2.24) is 14.8 Å². The number of methoxy groups -OCH3 is 1. The molecule has 1 aromatic carbocycles. The number of benzene rings is 1. The second-order valence-corrected chi connectivity index (χ2v) is 12.8. The predicted molar refractivity (Wildman–Crippen MR) is 144 cm³/mol. The highest BCUT2D eigenvalue weighted by molar-refractivity contribution is 7.99. The van der Waals surface area contributed by atoms with E-state index in [1.807, 2.05) is 0 Å². The quantitative estimate of drug-likeness (QED) is 0.223. The minimum absolute atomic E-state index is 0.000291. The molecule has 4 rings (SSSR count). The summed E-state index contributed by atoms with van der Waals surface area (Å²) in [7, 11) is -2.29. The maximum atomic E-state index is 12.9. The molecule has 0 aliphatic heterocycles. The van der Waals surface area contributed by atoms with Crippen LogP contribution in [0.15, 0.2) is 53.0 Å². The zero-order chi connectivity index (χ0) is 26.6. The molecule has 1 N–H and O–H groups in total. The summed E-state index contributed by atoms with van der Waals surface area (Å²) in [5.41, 5.74) is 1.41. The third-order valence-corrected chi connectivity index (χ3v) is 9.78. The molecule has 1 aliphatic rings. The molecule has 1 unspecified atom stereocenters. The molecule has 0 saturated carbocycles. The summed E-state index contributed by atoms with van der Waals surface area (Å²) in [4.78, 5) is 26.7. The number of carbonyl (C=O) groups is 2. The Kier molecular flexibility index (Phi) is 8.50. The number of nitrogens with zero attached hydrogens (tertiary/aromatic N) is 3. The van der Waals surface area contributed by atoms with Gasteiger partial charge in [0.25, 0.3) is 0 Å². The highest BCUT2D eigenvalue weighted by Gasteiger charge is 2.29. The summed E-state index contributed by atoms with van der Waals surface area (Å²) >= 11 is 2.56. The Bertz CT molecular complexity index is 1410. The average Bonchev–Trinajstić information content (AvgIpc) is 3.42. The van der Waals surface area contributed by atoms with Crippen LogP contribution in [0.1, 0.15) is 40.0 Å². The molecule has 1 amide bonds. The number of fused-ring (bicyclic) bond motifs is 1. The van der Waals surface area contributed by atoms with Crippen molar-refractivity contribution in [1.29, 1.82) is 0 Å². The number of hydrogen-bond donors (Lipinski definition) is 1. The van der Waals surface area contributed by atoms with Crippen LogP contribution in [0.4, 0.5) is 5.00 Å². The van der Waals surface area contributed by atoms with E-state index in [9.17, 15) is 18.0 Å². The number of anilines is 1. The lowest BCUT2D eigenvalue weighted by molar-refractivity contribution is -0.113. The van der Waals surface area contributed by atoms with Crippen molar-refractivity contribution in [3.8, 4) is 0 Å². The summed E-state index contributed by atoms with van der Waals surface area (Å²) in [6, 6.07) is 8.15.